The third kappa shape index (κ3) is 3.01. The van der Waals surface area contributed by atoms with E-state index in [-0.39, 0.29) is 30.7 Å². The van der Waals surface area contributed by atoms with Crippen LogP contribution in [0.2, 0.25) is 0 Å². The van der Waals surface area contributed by atoms with Gasteiger partial charge in [0.15, 0.2) is 5.69 Å². The number of nitrogens with two attached hydrogens (primary N) is 1. The van der Waals surface area contributed by atoms with Gasteiger partial charge < -0.3 is 15.7 Å². The van der Waals surface area contributed by atoms with E-state index in [1.807, 2.05) is 0 Å². The summed E-state index contributed by atoms with van der Waals surface area (Å²) in [7, 11) is 0. The molecule has 0 unspecified atom stereocenters. The van der Waals surface area contributed by atoms with Gasteiger partial charge >= 0.3 is 5.97 Å². The highest BCUT2D eigenvalue weighted by Crippen LogP contribution is 2.27. The lowest BCUT2D eigenvalue weighted by Gasteiger charge is -2.20. The minimum absolute atomic E-state index is 0.0176. The van der Waals surface area contributed by atoms with Gasteiger partial charge in [-0.2, -0.15) is 5.10 Å². The molecule has 0 atom stereocenters. The number of rotatable bonds is 6. The summed E-state index contributed by atoms with van der Waals surface area (Å²) in [5, 5.41) is 13.6. The number of amides is 2. The average Bonchev–Trinajstić information content (AvgIpc) is 3.27. The van der Waals surface area contributed by atoms with Gasteiger partial charge in [0.05, 0.1) is 5.52 Å². The Hall–Kier alpha value is -2.90. The van der Waals surface area contributed by atoms with Crippen LogP contribution in [0.1, 0.15) is 23.3 Å². The molecule has 2 amide bonds. The molecule has 1 saturated carbocycles. The quantitative estimate of drug-likeness (QED) is 0.789. The van der Waals surface area contributed by atoms with E-state index in [1.54, 1.807) is 24.3 Å². The number of hydrogen-bond acceptors (Lipinski definition) is 4. The zero-order valence-corrected chi connectivity index (χ0v) is 12.3. The Kier molecular flexibility index (Phi) is 3.73. The summed E-state index contributed by atoms with van der Waals surface area (Å²) < 4.78 is 1.40. The molecule has 1 aliphatic carbocycles. The standard InChI is InChI=1S/C15H16N4O4/c16-15(23)14-10-3-1-2-4-11(10)19(17-14)7-12(20)18(8-13(21)22)9-5-6-9/h1-4,9H,5-8H2,(H2,16,23)(H,21,22). The molecule has 3 N–H and O–H groups in total. The topological polar surface area (TPSA) is 119 Å². The fourth-order valence-corrected chi connectivity index (χ4v) is 2.60. The molecule has 23 heavy (non-hydrogen) atoms. The van der Waals surface area contributed by atoms with E-state index >= 15 is 0 Å². The molecule has 0 aliphatic heterocycles. The molecule has 1 heterocycles. The lowest BCUT2D eigenvalue weighted by molar-refractivity contribution is -0.145. The Labute approximate surface area is 131 Å². The van der Waals surface area contributed by atoms with Crippen molar-refractivity contribution < 1.29 is 19.5 Å². The molecular formula is C15H16N4O4. The van der Waals surface area contributed by atoms with E-state index < -0.39 is 11.9 Å². The van der Waals surface area contributed by atoms with E-state index in [0.717, 1.165) is 12.8 Å². The Morgan fingerprint density at radius 3 is 2.61 bits per heavy atom. The minimum Gasteiger partial charge on any atom is -0.480 e. The van der Waals surface area contributed by atoms with Crippen molar-refractivity contribution in [2.45, 2.75) is 25.4 Å². The number of aliphatic carboxylic acids is 1. The van der Waals surface area contributed by atoms with Crippen LogP contribution >= 0.6 is 0 Å². The fourth-order valence-electron chi connectivity index (χ4n) is 2.60. The number of carboxylic acid groups (broad SMARTS) is 1. The number of aromatic nitrogens is 2. The number of carbonyl (C=O) groups is 3. The van der Waals surface area contributed by atoms with Crippen LogP contribution in [0.15, 0.2) is 24.3 Å². The molecule has 8 heteroatoms. The van der Waals surface area contributed by atoms with Gasteiger partial charge in [-0.15, -0.1) is 0 Å². The smallest absolute Gasteiger partial charge is 0.323 e. The molecule has 120 valence electrons. The van der Waals surface area contributed by atoms with Crippen LogP contribution in [0, 0.1) is 0 Å². The first kappa shape index (κ1) is 15.0. The van der Waals surface area contributed by atoms with E-state index in [9.17, 15) is 14.4 Å². The van der Waals surface area contributed by atoms with Gasteiger partial charge in [-0.05, 0) is 18.9 Å². The summed E-state index contributed by atoms with van der Waals surface area (Å²) in [5.74, 6) is -2.05. The van der Waals surface area contributed by atoms with Crippen molar-refractivity contribution in [3.8, 4) is 0 Å². The number of hydrogen-bond donors (Lipinski definition) is 2. The number of primary amides is 1. The van der Waals surface area contributed by atoms with Crippen molar-refractivity contribution in [1.82, 2.24) is 14.7 Å². The lowest BCUT2D eigenvalue weighted by atomic mass is 10.2. The Bertz CT molecular complexity index is 794. The molecule has 2 aromatic rings. The maximum Gasteiger partial charge on any atom is 0.323 e. The summed E-state index contributed by atoms with van der Waals surface area (Å²) in [4.78, 5) is 36.2. The SMILES string of the molecule is NC(=O)c1nn(CC(=O)N(CC(=O)O)C2CC2)c2ccccc12. The Morgan fingerprint density at radius 2 is 2.00 bits per heavy atom. The molecule has 1 fully saturated rings. The van der Waals surface area contributed by atoms with E-state index in [0.29, 0.717) is 10.9 Å². The highest BCUT2D eigenvalue weighted by atomic mass is 16.4. The molecule has 0 bridgehead atoms. The monoisotopic (exact) mass is 316 g/mol. The number of carboxylic acids is 1. The molecule has 0 saturated heterocycles. The largest absolute Gasteiger partial charge is 0.480 e. The maximum absolute atomic E-state index is 12.4. The molecule has 0 spiro atoms. The number of nitrogens with zero attached hydrogens (tertiary/aromatic N) is 3. The summed E-state index contributed by atoms with van der Waals surface area (Å²) in [6, 6.07) is 6.95. The zero-order valence-electron chi connectivity index (χ0n) is 12.3. The zero-order chi connectivity index (χ0) is 16.6. The number of para-hydroxylation sites is 1. The molecule has 0 radical (unpaired) electrons. The maximum atomic E-state index is 12.4. The lowest BCUT2D eigenvalue weighted by Crippen LogP contribution is -2.39. The molecule has 8 nitrogen and oxygen atoms in total. The third-order valence-corrected chi connectivity index (χ3v) is 3.79. The third-order valence-electron chi connectivity index (χ3n) is 3.79. The molecule has 1 aliphatic rings. The first-order chi connectivity index (χ1) is 11.0. The predicted octanol–water partition coefficient (Wildman–Crippen LogP) is 0.211. The van der Waals surface area contributed by atoms with Crippen LogP contribution in [0.4, 0.5) is 0 Å². The summed E-state index contributed by atoms with van der Waals surface area (Å²) in [6.07, 6.45) is 1.62. The fraction of sp³-hybridized carbons (Fsp3) is 0.333. The van der Waals surface area contributed by atoms with E-state index in [2.05, 4.69) is 5.10 Å². The van der Waals surface area contributed by atoms with Crippen LogP contribution in [0.25, 0.3) is 10.9 Å². The van der Waals surface area contributed by atoms with Gasteiger partial charge in [-0.3, -0.25) is 19.1 Å². The normalized spacial score (nSPS) is 13.9. The second-order valence-electron chi connectivity index (χ2n) is 5.53. The van der Waals surface area contributed by atoms with Crippen LogP contribution in [-0.2, 0) is 16.1 Å². The van der Waals surface area contributed by atoms with Crippen LogP contribution in [-0.4, -0.2) is 50.2 Å². The summed E-state index contributed by atoms with van der Waals surface area (Å²) >= 11 is 0. The molecule has 3 rings (SSSR count). The van der Waals surface area contributed by atoms with Crippen molar-refractivity contribution >= 4 is 28.7 Å². The predicted molar refractivity (Wildman–Crippen MR) is 80.6 cm³/mol. The average molecular weight is 316 g/mol. The van der Waals surface area contributed by atoms with Gasteiger partial charge in [0.2, 0.25) is 5.91 Å². The van der Waals surface area contributed by atoms with Crippen molar-refractivity contribution in [3.05, 3.63) is 30.0 Å². The van der Waals surface area contributed by atoms with Crippen LogP contribution < -0.4 is 5.73 Å². The second kappa shape index (κ2) is 5.71. The van der Waals surface area contributed by atoms with Crippen LogP contribution in [0.5, 0.6) is 0 Å². The van der Waals surface area contributed by atoms with Gasteiger partial charge in [0.25, 0.3) is 5.91 Å². The highest BCUT2D eigenvalue weighted by molar-refractivity contribution is 6.04. The second-order valence-corrected chi connectivity index (χ2v) is 5.53. The van der Waals surface area contributed by atoms with E-state index in [4.69, 9.17) is 10.8 Å². The van der Waals surface area contributed by atoms with Crippen molar-refractivity contribution in [3.63, 3.8) is 0 Å². The van der Waals surface area contributed by atoms with Crippen molar-refractivity contribution in [2.75, 3.05) is 6.54 Å². The summed E-state index contributed by atoms with van der Waals surface area (Å²) in [5.41, 5.74) is 6.03. The van der Waals surface area contributed by atoms with Crippen LogP contribution in [0.3, 0.4) is 0 Å². The van der Waals surface area contributed by atoms with Gasteiger partial charge in [-0.25, -0.2) is 0 Å². The van der Waals surface area contributed by atoms with Crippen molar-refractivity contribution in [2.24, 2.45) is 5.73 Å². The molecule has 1 aromatic heterocycles. The van der Waals surface area contributed by atoms with E-state index in [1.165, 1.54) is 9.58 Å². The van der Waals surface area contributed by atoms with Gasteiger partial charge in [-0.1, -0.05) is 18.2 Å². The molecular weight excluding hydrogens is 300 g/mol. The van der Waals surface area contributed by atoms with Gasteiger partial charge in [0, 0.05) is 11.4 Å². The number of fused-ring (bicyclic) bond motifs is 1. The first-order valence-electron chi connectivity index (χ1n) is 7.24. The van der Waals surface area contributed by atoms with Gasteiger partial charge in [0.1, 0.15) is 13.1 Å². The number of benzene rings is 1. The summed E-state index contributed by atoms with van der Waals surface area (Å²) in [6.45, 7) is -0.455. The number of carbonyl (C=O) groups excluding carboxylic acids is 2. The highest BCUT2D eigenvalue weighted by Gasteiger charge is 2.34. The van der Waals surface area contributed by atoms with Crippen molar-refractivity contribution in [1.29, 1.82) is 0 Å². The Morgan fingerprint density at radius 1 is 1.30 bits per heavy atom. The Balaban J connectivity index is 1.90. The molecule has 1 aromatic carbocycles. The first-order valence-corrected chi connectivity index (χ1v) is 7.24. The minimum atomic E-state index is -1.05.